The molecular weight excluding hydrogens is 200 g/mol. The van der Waals surface area contributed by atoms with Crippen LogP contribution < -0.4 is 0 Å². The summed E-state index contributed by atoms with van der Waals surface area (Å²) in [7, 11) is 1.34. The first-order valence-electron chi connectivity index (χ1n) is 4.10. The van der Waals surface area contributed by atoms with Crippen molar-refractivity contribution in [1.82, 2.24) is 0 Å². The highest BCUT2D eigenvalue weighted by molar-refractivity contribution is 6.31. The molecule has 0 radical (unpaired) electrons. The van der Waals surface area contributed by atoms with Gasteiger partial charge >= 0.3 is 5.97 Å². The molecule has 0 saturated heterocycles. The number of hydrogen-bond donors (Lipinski definition) is 0. The lowest BCUT2D eigenvalue weighted by molar-refractivity contribution is 0.0600. The molecule has 0 aliphatic heterocycles. The Morgan fingerprint density at radius 3 is 2.57 bits per heavy atom. The summed E-state index contributed by atoms with van der Waals surface area (Å²) in [5, 5.41) is 0.510. The number of carbonyl (C=O) groups is 1. The van der Waals surface area contributed by atoms with Crippen LogP contribution in [0, 0.1) is 0 Å². The van der Waals surface area contributed by atoms with Gasteiger partial charge in [-0.25, -0.2) is 4.79 Å². The minimum absolute atomic E-state index is 0.398. The molecule has 0 saturated carbocycles. The molecule has 0 spiro atoms. The number of halogens is 1. The molecule has 14 heavy (non-hydrogen) atoms. The summed E-state index contributed by atoms with van der Waals surface area (Å²) in [6, 6.07) is 5.06. The zero-order valence-corrected chi connectivity index (χ0v) is 8.89. The van der Waals surface area contributed by atoms with E-state index in [1.54, 1.807) is 18.2 Å². The highest BCUT2D eigenvalue weighted by Crippen LogP contribution is 2.22. The quantitative estimate of drug-likeness (QED) is 0.701. The second-order valence-electron chi connectivity index (χ2n) is 2.96. The summed E-state index contributed by atoms with van der Waals surface area (Å²) in [5.74, 6) is -0.398. The minimum atomic E-state index is -0.398. The van der Waals surface area contributed by atoms with Crippen LogP contribution in [0.25, 0.3) is 5.57 Å². The summed E-state index contributed by atoms with van der Waals surface area (Å²) in [5.41, 5.74) is 2.02. The molecule has 0 amide bonds. The summed E-state index contributed by atoms with van der Waals surface area (Å²) < 4.78 is 4.64. The molecule has 1 aromatic carbocycles. The first kappa shape index (κ1) is 10.8. The topological polar surface area (TPSA) is 26.3 Å². The summed E-state index contributed by atoms with van der Waals surface area (Å²) in [6.07, 6.45) is 0. The van der Waals surface area contributed by atoms with Gasteiger partial charge in [-0.2, -0.15) is 0 Å². The van der Waals surface area contributed by atoms with E-state index in [2.05, 4.69) is 11.3 Å². The average molecular weight is 211 g/mol. The van der Waals surface area contributed by atoms with Crippen molar-refractivity contribution in [2.75, 3.05) is 7.11 Å². The Balaban J connectivity index is 3.29. The van der Waals surface area contributed by atoms with Crippen LogP contribution in [-0.4, -0.2) is 13.1 Å². The van der Waals surface area contributed by atoms with Gasteiger partial charge in [-0.1, -0.05) is 29.8 Å². The van der Waals surface area contributed by atoms with E-state index in [-0.39, 0.29) is 0 Å². The maximum Gasteiger partial charge on any atom is 0.338 e. The molecule has 2 nitrogen and oxygen atoms in total. The second kappa shape index (κ2) is 4.29. The third-order valence-corrected chi connectivity index (χ3v) is 2.08. The van der Waals surface area contributed by atoms with E-state index in [9.17, 15) is 4.79 Å². The smallest absolute Gasteiger partial charge is 0.338 e. The predicted octanol–water partition coefficient (Wildman–Crippen LogP) is 3.16. The van der Waals surface area contributed by atoms with E-state index in [0.29, 0.717) is 10.6 Å². The van der Waals surface area contributed by atoms with E-state index < -0.39 is 5.97 Å². The Bertz CT molecular complexity index is 383. The first-order chi connectivity index (χ1) is 6.56. The molecule has 0 bridgehead atoms. The normalized spacial score (nSPS) is 9.64. The number of ether oxygens (including phenoxy) is 1. The van der Waals surface area contributed by atoms with Gasteiger partial charge in [0.1, 0.15) is 0 Å². The predicted molar refractivity (Wildman–Crippen MR) is 57.5 cm³/mol. The highest BCUT2D eigenvalue weighted by Gasteiger charge is 2.12. The third kappa shape index (κ3) is 2.15. The Kier molecular flexibility index (Phi) is 3.31. The maximum atomic E-state index is 11.4. The van der Waals surface area contributed by atoms with Gasteiger partial charge in [0.05, 0.1) is 12.7 Å². The van der Waals surface area contributed by atoms with Gasteiger partial charge in [0.25, 0.3) is 0 Å². The zero-order chi connectivity index (χ0) is 10.7. The molecule has 0 N–H and O–H groups in total. The van der Waals surface area contributed by atoms with Crippen molar-refractivity contribution in [2.45, 2.75) is 6.92 Å². The lowest BCUT2D eigenvalue weighted by atomic mass is 10.0. The molecule has 0 aliphatic rings. The summed E-state index contributed by atoms with van der Waals surface area (Å²) in [4.78, 5) is 11.4. The van der Waals surface area contributed by atoms with Crippen molar-refractivity contribution in [3.8, 4) is 0 Å². The molecular formula is C11H11ClO2. The number of allylic oxidation sites excluding steroid dienone is 1. The van der Waals surface area contributed by atoms with E-state index in [0.717, 1.165) is 11.1 Å². The van der Waals surface area contributed by atoms with Crippen LogP contribution in [0.3, 0.4) is 0 Å². The number of hydrogen-bond acceptors (Lipinski definition) is 2. The summed E-state index contributed by atoms with van der Waals surface area (Å²) >= 11 is 5.79. The van der Waals surface area contributed by atoms with E-state index in [1.165, 1.54) is 7.11 Å². The Labute approximate surface area is 88.1 Å². The third-order valence-electron chi connectivity index (χ3n) is 1.85. The van der Waals surface area contributed by atoms with Gasteiger partial charge < -0.3 is 4.74 Å². The SMILES string of the molecule is C=C(C)c1ccc(Cl)cc1C(=O)OC. The number of benzene rings is 1. The van der Waals surface area contributed by atoms with E-state index >= 15 is 0 Å². The molecule has 1 aromatic rings. The molecule has 0 heterocycles. The van der Waals surface area contributed by atoms with Gasteiger partial charge in [-0.15, -0.1) is 0 Å². The van der Waals surface area contributed by atoms with Crippen molar-refractivity contribution >= 4 is 23.1 Å². The second-order valence-corrected chi connectivity index (χ2v) is 3.40. The molecule has 74 valence electrons. The van der Waals surface area contributed by atoms with Gasteiger partial charge in [0.2, 0.25) is 0 Å². The van der Waals surface area contributed by atoms with E-state index in [4.69, 9.17) is 11.6 Å². The fourth-order valence-corrected chi connectivity index (χ4v) is 1.34. The van der Waals surface area contributed by atoms with Crippen LogP contribution in [0.5, 0.6) is 0 Å². The average Bonchev–Trinajstić information content (AvgIpc) is 2.16. The molecule has 0 aliphatic carbocycles. The first-order valence-corrected chi connectivity index (χ1v) is 4.48. The van der Waals surface area contributed by atoms with Crippen LogP contribution in [0.4, 0.5) is 0 Å². The lowest BCUT2D eigenvalue weighted by Crippen LogP contribution is -2.04. The van der Waals surface area contributed by atoms with Crippen molar-refractivity contribution < 1.29 is 9.53 Å². The van der Waals surface area contributed by atoms with Gasteiger partial charge in [-0.05, 0) is 24.6 Å². The zero-order valence-electron chi connectivity index (χ0n) is 8.13. The van der Waals surface area contributed by atoms with Gasteiger partial charge in [-0.3, -0.25) is 0 Å². The largest absolute Gasteiger partial charge is 0.465 e. The molecule has 1 rings (SSSR count). The van der Waals surface area contributed by atoms with Crippen molar-refractivity contribution in [3.05, 3.63) is 40.9 Å². The van der Waals surface area contributed by atoms with Crippen molar-refractivity contribution in [3.63, 3.8) is 0 Å². The molecule has 0 unspecified atom stereocenters. The van der Waals surface area contributed by atoms with Gasteiger partial charge in [0.15, 0.2) is 0 Å². The van der Waals surface area contributed by atoms with E-state index in [1.807, 2.05) is 6.92 Å². The van der Waals surface area contributed by atoms with Crippen LogP contribution in [0.1, 0.15) is 22.8 Å². The van der Waals surface area contributed by atoms with Crippen LogP contribution in [-0.2, 0) is 4.74 Å². The molecule has 3 heteroatoms. The number of carbonyl (C=O) groups excluding carboxylic acids is 1. The monoisotopic (exact) mass is 210 g/mol. The standard InChI is InChI=1S/C11H11ClO2/c1-7(2)9-5-4-8(12)6-10(9)11(13)14-3/h4-6H,1H2,2-3H3. The van der Waals surface area contributed by atoms with Crippen molar-refractivity contribution in [2.24, 2.45) is 0 Å². The lowest BCUT2D eigenvalue weighted by Gasteiger charge is -2.07. The van der Waals surface area contributed by atoms with Gasteiger partial charge in [0, 0.05) is 5.02 Å². The number of rotatable bonds is 2. The number of methoxy groups -OCH3 is 1. The molecule has 0 atom stereocenters. The molecule has 0 fully saturated rings. The Morgan fingerprint density at radius 2 is 2.07 bits per heavy atom. The van der Waals surface area contributed by atoms with Crippen molar-refractivity contribution in [1.29, 1.82) is 0 Å². The fraction of sp³-hybridized carbons (Fsp3) is 0.182. The molecule has 0 aromatic heterocycles. The van der Waals surface area contributed by atoms with Crippen LogP contribution in [0.2, 0.25) is 5.02 Å². The van der Waals surface area contributed by atoms with Crippen LogP contribution in [0.15, 0.2) is 24.8 Å². The Hall–Kier alpha value is -1.28. The highest BCUT2D eigenvalue weighted by atomic mass is 35.5. The summed E-state index contributed by atoms with van der Waals surface area (Å²) in [6.45, 7) is 5.61. The fourth-order valence-electron chi connectivity index (χ4n) is 1.17. The number of esters is 1. The van der Waals surface area contributed by atoms with Crippen LogP contribution >= 0.6 is 11.6 Å². The Morgan fingerprint density at radius 1 is 1.43 bits per heavy atom. The minimum Gasteiger partial charge on any atom is -0.465 e. The maximum absolute atomic E-state index is 11.4.